The monoisotopic (exact) mass is 247 g/mol. The fourth-order valence-electron chi connectivity index (χ4n) is 1.61. The lowest BCUT2D eigenvalue weighted by molar-refractivity contribution is -0.0516. The number of sulfonamides is 1. The molecular formula is C7H12F3NO3S. The number of rotatable bonds is 2. The van der Waals surface area contributed by atoms with Crippen molar-refractivity contribution in [2.45, 2.75) is 30.8 Å². The quantitative estimate of drug-likeness (QED) is 0.780. The lowest BCUT2D eigenvalue weighted by Gasteiger charge is -2.33. The molecule has 1 rings (SSSR count). The Labute approximate surface area is 85.7 Å². The Morgan fingerprint density at radius 1 is 1.33 bits per heavy atom. The molecule has 90 valence electrons. The van der Waals surface area contributed by atoms with Gasteiger partial charge in [0.25, 0.3) is 0 Å². The van der Waals surface area contributed by atoms with Crippen LogP contribution in [-0.4, -0.2) is 42.5 Å². The first-order valence-corrected chi connectivity index (χ1v) is 5.93. The summed E-state index contributed by atoms with van der Waals surface area (Å²) in [5.74, 6) is 0. The molecule has 0 aromatic rings. The van der Waals surface area contributed by atoms with Crippen LogP contribution in [0.5, 0.6) is 0 Å². The van der Waals surface area contributed by atoms with Gasteiger partial charge in [0.15, 0.2) is 0 Å². The third kappa shape index (κ3) is 2.43. The average Bonchev–Trinajstić information content (AvgIpc) is 2.16. The van der Waals surface area contributed by atoms with Crippen LogP contribution in [0.25, 0.3) is 0 Å². The highest BCUT2D eigenvalue weighted by Gasteiger charge is 2.52. The molecule has 0 bridgehead atoms. The topological polar surface area (TPSA) is 57.6 Å². The van der Waals surface area contributed by atoms with E-state index in [0.29, 0.717) is 17.1 Å². The Kier molecular flexibility index (Phi) is 3.62. The zero-order valence-electron chi connectivity index (χ0n) is 7.87. The molecule has 1 atom stereocenters. The molecule has 0 radical (unpaired) electrons. The smallest absolute Gasteiger partial charge is 0.395 e. The number of halogens is 3. The summed E-state index contributed by atoms with van der Waals surface area (Å²) in [5, 5.41) is 8.82. The normalized spacial score (nSPS) is 25.5. The van der Waals surface area contributed by atoms with E-state index in [0.717, 1.165) is 0 Å². The third-order valence-corrected chi connectivity index (χ3v) is 4.07. The molecule has 8 heteroatoms. The first-order valence-electron chi connectivity index (χ1n) is 4.49. The van der Waals surface area contributed by atoms with Crippen LogP contribution in [0.3, 0.4) is 0 Å². The number of hydrogen-bond acceptors (Lipinski definition) is 3. The van der Waals surface area contributed by atoms with Gasteiger partial charge in [0.05, 0.1) is 6.61 Å². The fraction of sp³-hybridized carbons (Fsp3) is 1.00. The van der Waals surface area contributed by atoms with Crippen molar-refractivity contribution in [1.29, 1.82) is 0 Å². The van der Waals surface area contributed by atoms with Crippen molar-refractivity contribution in [2.75, 3.05) is 13.2 Å². The summed E-state index contributed by atoms with van der Waals surface area (Å²) >= 11 is 0. The predicted octanol–water partition coefficient (Wildman–Crippen LogP) is 0.683. The molecule has 0 aromatic carbocycles. The van der Waals surface area contributed by atoms with Gasteiger partial charge in [-0.25, -0.2) is 8.42 Å². The second kappa shape index (κ2) is 4.26. The van der Waals surface area contributed by atoms with Gasteiger partial charge in [0.1, 0.15) is 0 Å². The molecule has 1 saturated heterocycles. The molecule has 1 unspecified atom stereocenters. The number of aliphatic hydroxyl groups is 1. The molecule has 0 aliphatic carbocycles. The Morgan fingerprint density at radius 2 is 1.93 bits per heavy atom. The zero-order valence-corrected chi connectivity index (χ0v) is 8.68. The van der Waals surface area contributed by atoms with Gasteiger partial charge in [-0.05, 0) is 12.8 Å². The van der Waals surface area contributed by atoms with Crippen LogP contribution in [0.15, 0.2) is 0 Å². The minimum absolute atomic E-state index is 0.174. The second-order valence-corrected chi connectivity index (χ2v) is 5.28. The number of nitrogens with zero attached hydrogens (tertiary/aromatic N) is 1. The van der Waals surface area contributed by atoms with Crippen molar-refractivity contribution in [2.24, 2.45) is 0 Å². The summed E-state index contributed by atoms with van der Waals surface area (Å²) < 4.78 is 59.1. The van der Waals surface area contributed by atoms with E-state index in [9.17, 15) is 21.6 Å². The van der Waals surface area contributed by atoms with Crippen molar-refractivity contribution in [3.63, 3.8) is 0 Å². The van der Waals surface area contributed by atoms with Crippen molar-refractivity contribution >= 4 is 10.0 Å². The highest BCUT2D eigenvalue weighted by atomic mass is 32.2. The first kappa shape index (κ1) is 12.7. The summed E-state index contributed by atoms with van der Waals surface area (Å²) in [4.78, 5) is 0. The maximum absolute atomic E-state index is 12.2. The van der Waals surface area contributed by atoms with Crippen molar-refractivity contribution in [3.8, 4) is 0 Å². The minimum Gasteiger partial charge on any atom is -0.395 e. The highest BCUT2D eigenvalue weighted by molar-refractivity contribution is 7.90. The standard InChI is InChI=1S/C7H12F3NO3S/c8-7(9,10)15(13,14)11-4-2-1-3-6(11)5-12/h6,12H,1-5H2. The van der Waals surface area contributed by atoms with Crippen LogP contribution in [-0.2, 0) is 10.0 Å². The first-order chi connectivity index (χ1) is 6.80. The average molecular weight is 247 g/mol. The molecule has 1 aliphatic rings. The lowest BCUT2D eigenvalue weighted by atomic mass is 10.1. The van der Waals surface area contributed by atoms with Gasteiger partial charge in [-0.15, -0.1) is 0 Å². The molecular weight excluding hydrogens is 235 g/mol. The van der Waals surface area contributed by atoms with E-state index >= 15 is 0 Å². The fourth-order valence-corrected chi connectivity index (χ4v) is 2.81. The van der Waals surface area contributed by atoms with Gasteiger partial charge >= 0.3 is 15.5 Å². The summed E-state index contributed by atoms with van der Waals surface area (Å²) in [5.41, 5.74) is -5.28. The lowest BCUT2D eigenvalue weighted by Crippen LogP contribution is -2.50. The van der Waals surface area contributed by atoms with E-state index in [1.807, 2.05) is 0 Å². The maximum Gasteiger partial charge on any atom is 0.511 e. The van der Waals surface area contributed by atoms with E-state index in [1.165, 1.54) is 0 Å². The molecule has 1 heterocycles. The Bertz CT molecular complexity index is 314. The molecule has 0 amide bonds. The van der Waals surface area contributed by atoms with Gasteiger partial charge in [0, 0.05) is 12.6 Å². The molecule has 1 fully saturated rings. The zero-order chi connectivity index (χ0) is 11.7. The molecule has 1 N–H and O–H groups in total. The highest BCUT2D eigenvalue weighted by Crippen LogP contribution is 2.31. The number of hydrogen-bond donors (Lipinski definition) is 1. The van der Waals surface area contributed by atoms with Crippen LogP contribution in [0.1, 0.15) is 19.3 Å². The Morgan fingerprint density at radius 3 is 2.40 bits per heavy atom. The molecule has 1 aliphatic heterocycles. The summed E-state index contributed by atoms with van der Waals surface area (Å²) in [7, 11) is -5.29. The third-order valence-electron chi connectivity index (χ3n) is 2.39. The summed E-state index contributed by atoms with van der Waals surface area (Å²) in [6, 6.07) is -0.939. The van der Waals surface area contributed by atoms with Crippen LogP contribution >= 0.6 is 0 Å². The molecule has 15 heavy (non-hydrogen) atoms. The molecule has 0 saturated carbocycles. The largest absolute Gasteiger partial charge is 0.511 e. The molecule has 0 aromatic heterocycles. The van der Waals surface area contributed by atoms with E-state index in [-0.39, 0.29) is 13.0 Å². The van der Waals surface area contributed by atoms with E-state index in [2.05, 4.69) is 0 Å². The molecule has 0 spiro atoms. The number of aliphatic hydroxyl groups excluding tert-OH is 1. The van der Waals surface area contributed by atoms with Gasteiger partial charge in [-0.3, -0.25) is 0 Å². The predicted molar refractivity (Wildman–Crippen MR) is 46.4 cm³/mol. The molecule has 4 nitrogen and oxygen atoms in total. The minimum atomic E-state index is -5.29. The number of alkyl halides is 3. The van der Waals surface area contributed by atoms with Crippen LogP contribution in [0.2, 0.25) is 0 Å². The van der Waals surface area contributed by atoms with Crippen molar-refractivity contribution < 1.29 is 26.7 Å². The van der Waals surface area contributed by atoms with Crippen LogP contribution in [0, 0.1) is 0 Å². The van der Waals surface area contributed by atoms with E-state index in [4.69, 9.17) is 5.11 Å². The number of piperidine rings is 1. The van der Waals surface area contributed by atoms with Crippen LogP contribution in [0.4, 0.5) is 13.2 Å². The van der Waals surface area contributed by atoms with Gasteiger partial charge in [-0.2, -0.15) is 17.5 Å². The Hall–Kier alpha value is -0.340. The summed E-state index contributed by atoms with van der Waals surface area (Å²) in [6.45, 7) is -0.748. The second-order valence-electron chi connectivity index (χ2n) is 3.39. The van der Waals surface area contributed by atoms with Crippen LogP contribution < -0.4 is 0 Å². The SMILES string of the molecule is O=S(=O)(N1CCCCC1CO)C(F)(F)F. The maximum atomic E-state index is 12.2. The van der Waals surface area contributed by atoms with Gasteiger partial charge < -0.3 is 5.11 Å². The van der Waals surface area contributed by atoms with Gasteiger partial charge in [0.2, 0.25) is 0 Å². The van der Waals surface area contributed by atoms with Crippen molar-refractivity contribution in [1.82, 2.24) is 4.31 Å². The summed E-state index contributed by atoms with van der Waals surface area (Å²) in [6.07, 6.45) is 1.30. The van der Waals surface area contributed by atoms with Gasteiger partial charge in [-0.1, -0.05) is 6.42 Å². The van der Waals surface area contributed by atoms with E-state index in [1.54, 1.807) is 0 Å². The Balaban J connectivity index is 2.94. The van der Waals surface area contributed by atoms with E-state index < -0.39 is 28.2 Å². The van der Waals surface area contributed by atoms with Crippen molar-refractivity contribution in [3.05, 3.63) is 0 Å².